The first-order chi connectivity index (χ1) is 10.4. The summed E-state index contributed by atoms with van der Waals surface area (Å²) < 4.78 is 10.5. The topological polar surface area (TPSA) is 55.8 Å². The van der Waals surface area contributed by atoms with Gasteiger partial charge in [-0.3, -0.25) is 4.90 Å². The smallest absolute Gasteiger partial charge is 0.410 e. The number of hydrogen-bond acceptors (Lipinski definition) is 4. The van der Waals surface area contributed by atoms with E-state index in [1.807, 2.05) is 45.0 Å². The van der Waals surface area contributed by atoms with Crippen LogP contribution in [-0.4, -0.2) is 42.6 Å². The van der Waals surface area contributed by atoms with E-state index < -0.39 is 17.7 Å². The van der Waals surface area contributed by atoms with Crippen LogP contribution in [-0.2, 0) is 9.53 Å². The van der Waals surface area contributed by atoms with E-state index in [-0.39, 0.29) is 5.92 Å². The summed E-state index contributed by atoms with van der Waals surface area (Å²) in [7, 11) is 1.61. The number of likely N-dealkylation sites (tertiary alicyclic amines) is 1. The van der Waals surface area contributed by atoms with Gasteiger partial charge in [0.15, 0.2) is 0 Å². The van der Waals surface area contributed by atoms with Crippen molar-refractivity contribution in [1.82, 2.24) is 4.90 Å². The first-order valence-corrected chi connectivity index (χ1v) is 7.44. The van der Waals surface area contributed by atoms with E-state index in [1.165, 1.54) is 4.90 Å². The molecule has 1 aromatic rings. The third-order valence-corrected chi connectivity index (χ3v) is 3.76. The highest BCUT2D eigenvalue weighted by atomic mass is 16.6. The fraction of sp³-hybridized carbons (Fsp3) is 0.529. The molecule has 1 fully saturated rings. The van der Waals surface area contributed by atoms with Gasteiger partial charge in [-0.1, -0.05) is 12.1 Å². The second-order valence-electron chi connectivity index (χ2n) is 6.47. The number of amides is 1. The molecule has 2 rings (SSSR count). The third kappa shape index (κ3) is 3.59. The van der Waals surface area contributed by atoms with E-state index >= 15 is 0 Å². The first-order valence-electron chi connectivity index (χ1n) is 7.44. The molecule has 0 unspecified atom stereocenters. The molecule has 0 radical (unpaired) electrons. The molecule has 2 atom stereocenters. The summed E-state index contributed by atoms with van der Waals surface area (Å²) >= 11 is 0. The Labute approximate surface area is 131 Å². The van der Waals surface area contributed by atoms with Gasteiger partial charge in [-0.25, -0.2) is 4.79 Å². The number of aldehydes is 1. The molecule has 1 aliphatic heterocycles. The number of methoxy groups -OCH3 is 1. The molecule has 1 amide bonds. The number of benzene rings is 1. The zero-order chi connectivity index (χ0) is 16.3. The maximum absolute atomic E-state index is 12.2. The van der Waals surface area contributed by atoms with Crippen molar-refractivity contribution < 1.29 is 19.1 Å². The van der Waals surface area contributed by atoms with Crippen molar-refractivity contribution in [3.05, 3.63) is 29.8 Å². The average Bonchev–Trinajstić information content (AvgIpc) is 2.89. The van der Waals surface area contributed by atoms with Crippen molar-refractivity contribution >= 4 is 12.4 Å². The van der Waals surface area contributed by atoms with Crippen molar-refractivity contribution in [3.8, 4) is 5.75 Å². The Hall–Kier alpha value is -2.04. The fourth-order valence-electron chi connectivity index (χ4n) is 2.73. The van der Waals surface area contributed by atoms with Gasteiger partial charge in [0.05, 0.1) is 13.2 Å². The minimum absolute atomic E-state index is 0.00377. The summed E-state index contributed by atoms with van der Waals surface area (Å²) in [4.78, 5) is 25.3. The lowest BCUT2D eigenvalue weighted by molar-refractivity contribution is -0.112. The van der Waals surface area contributed by atoms with Crippen LogP contribution in [0, 0.1) is 0 Å². The molecule has 0 aliphatic carbocycles. The lowest BCUT2D eigenvalue weighted by Crippen LogP contribution is -2.41. The highest BCUT2D eigenvalue weighted by molar-refractivity contribution is 5.75. The number of carbonyl (C=O) groups excluding carboxylic acids is 2. The van der Waals surface area contributed by atoms with Gasteiger partial charge < -0.3 is 14.3 Å². The van der Waals surface area contributed by atoms with E-state index in [1.54, 1.807) is 7.11 Å². The van der Waals surface area contributed by atoms with Crippen LogP contribution >= 0.6 is 0 Å². The minimum Gasteiger partial charge on any atom is -0.497 e. The van der Waals surface area contributed by atoms with Crippen LogP contribution in [0.2, 0.25) is 0 Å². The molecule has 22 heavy (non-hydrogen) atoms. The average molecular weight is 305 g/mol. The summed E-state index contributed by atoms with van der Waals surface area (Å²) in [5.74, 6) is 0.768. The molecule has 5 heteroatoms. The molecule has 0 spiro atoms. The molecular weight excluding hydrogens is 282 g/mol. The van der Waals surface area contributed by atoms with Crippen LogP contribution in [0.15, 0.2) is 24.3 Å². The van der Waals surface area contributed by atoms with E-state index in [4.69, 9.17) is 9.47 Å². The highest BCUT2D eigenvalue weighted by Gasteiger charge is 2.39. The zero-order valence-electron chi connectivity index (χ0n) is 13.5. The van der Waals surface area contributed by atoms with Gasteiger partial charge in [-0.2, -0.15) is 0 Å². The number of rotatable bonds is 3. The van der Waals surface area contributed by atoms with Gasteiger partial charge in [-0.05, 0) is 44.9 Å². The maximum Gasteiger partial charge on any atom is 0.410 e. The Balaban J connectivity index is 2.15. The minimum atomic E-state index is -0.567. The number of ether oxygens (including phenoxy) is 2. The first kappa shape index (κ1) is 16.3. The molecule has 1 heterocycles. The molecule has 5 nitrogen and oxygen atoms in total. The van der Waals surface area contributed by atoms with Gasteiger partial charge >= 0.3 is 6.09 Å². The van der Waals surface area contributed by atoms with Crippen LogP contribution in [0.4, 0.5) is 4.79 Å². The van der Waals surface area contributed by atoms with Gasteiger partial charge in [0.25, 0.3) is 0 Å². The fourth-order valence-corrected chi connectivity index (χ4v) is 2.73. The van der Waals surface area contributed by atoms with Crippen LogP contribution in [0.5, 0.6) is 5.75 Å². The Bertz CT molecular complexity index is 533. The Morgan fingerprint density at radius 3 is 2.41 bits per heavy atom. The van der Waals surface area contributed by atoms with Gasteiger partial charge in [0.1, 0.15) is 17.6 Å². The van der Waals surface area contributed by atoms with E-state index in [0.29, 0.717) is 6.54 Å². The van der Waals surface area contributed by atoms with Gasteiger partial charge in [-0.15, -0.1) is 0 Å². The molecule has 120 valence electrons. The van der Waals surface area contributed by atoms with E-state index in [2.05, 4.69) is 0 Å². The van der Waals surface area contributed by atoms with E-state index in [0.717, 1.165) is 24.0 Å². The SMILES string of the molecule is COc1ccc([C@@H]2CCN(C(=O)OC(C)(C)C)[C@@H]2C=O)cc1. The summed E-state index contributed by atoms with van der Waals surface area (Å²) in [6.07, 6.45) is 1.15. The van der Waals surface area contributed by atoms with Gasteiger partial charge in [0.2, 0.25) is 0 Å². The number of hydrogen-bond donors (Lipinski definition) is 0. The van der Waals surface area contributed by atoms with Crippen molar-refractivity contribution in [2.24, 2.45) is 0 Å². The second-order valence-corrected chi connectivity index (χ2v) is 6.47. The lowest BCUT2D eigenvalue weighted by atomic mass is 9.92. The van der Waals surface area contributed by atoms with Crippen molar-refractivity contribution in [1.29, 1.82) is 0 Å². The van der Waals surface area contributed by atoms with Crippen LogP contribution in [0.3, 0.4) is 0 Å². The maximum atomic E-state index is 12.2. The summed E-state index contributed by atoms with van der Waals surface area (Å²) in [6, 6.07) is 7.14. The summed E-state index contributed by atoms with van der Waals surface area (Å²) in [6.45, 7) is 5.97. The zero-order valence-corrected chi connectivity index (χ0v) is 13.5. The van der Waals surface area contributed by atoms with Crippen LogP contribution in [0.25, 0.3) is 0 Å². The predicted molar refractivity (Wildman–Crippen MR) is 83.1 cm³/mol. The molecule has 0 bridgehead atoms. The summed E-state index contributed by atoms with van der Waals surface area (Å²) in [5, 5.41) is 0. The number of nitrogens with zero attached hydrogens (tertiary/aromatic N) is 1. The lowest BCUT2D eigenvalue weighted by Gasteiger charge is -2.27. The van der Waals surface area contributed by atoms with Crippen molar-refractivity contribution in [2.75, 3.05) is 13.7 Å². The molecule has 1 aromatic carbocycles. The van der Waals surface area contributed by atoms with E-state index in [9.17, 15) is 9.59 Å². The molecular formula is C17H23NO4. The second kappa shape index (κ2) is 6.38. The van der Waals surface area contributed by atoms with Gasteiger partial charge in [0, 0.05) is 12.5 Å². The Morgan fingerprint density at radius 1 is 1.27 bits per heavy atom. The molecule has 0 N–H and O–H groups in total. The number of carbonyl (C=O) groups is 2. The molecule has 0 aromatic heterocycles. The molecule has 1 aliphatic rings. The van der Waals surface area contributed by atoms with Crippen molar-refractivity contribution in [3.63, 3.8) is 0 Å². The van der Waals surface area contributed by atoms with Crippen LogP contribution < -0.4 is 4.74 Å². The molecule has 1 saturated heterocycles. The third-order valence-electron chi connectivity index (χ3n) is 3.76. The predicted octanol–water partition coefficient (Wildman–Crippen LogP) is 2.99. The molecule has 0 saturated carbocycles. The summed E-state index contributed by atoms with van der Waals surface area (Å²) in [5.41, 5.74) is 0.465. The normalized spacial score (nSPS) is 21.5. The Morgan fingerprint density at radius 2 is 1.91 bits per heavy atom. The standard InChI is InChI=1S/C17H23NO4/c1-17(2,3)22-16(20)18-10-9-14(15(18)11-19)12-5-7-13(21-4)8-6-12/h5-8,11,14-15H,9-10H2,1-4H3/t14-,15+/m0/s1. The Kier molecular flexibility index (Phi) is 4.74. The van der Waals surface area contributed by atoms with Crippen molar-refractivity contribution in [2.45, 2.75) is 44.8 Å². The monoisotopic (exact) mass is 305 g/mol. The highest BCUT2D eigenvalue weighted by Crippen LogP contribution is 2.34. The van der Waals surface area contributed by atoms with Crippen LogP contribution in [0.1, 0.15) is 38.7 Å². The quantitative estimate of drug-likeness (QED) is 0.806. The largest absolute Gasteiger partial charge is 0.497 e.